The summed E-state index contributed by atoms with van der Waals surface area (Å²) < 4.78 is 4.91. The van der Waals surface area contributed by atoms with E-state index in [1.807, 2.05) is 26.9 Å². The van der Waals surface area contributed by atoms with Crippen LogP contribution in [0.25, 0.3) is 0 Å². The molecule has 0 bridgehead atoms. The minimum Gasteiger partial charge on any atom is -0.465 e. The molecule has 0 amide bonds. The molecule has 1 aliphatic heterocycles. The summed E-state index contributed by atoms with van der Waals surface area (Å²) in [6.07, 6.45) is 2.03. The molecule has 1 rings (SSSR count). The first kappa shape index (κ1) is 9.98. The largest absolute Gasteiger partial charge is 0.465 e. The molecule has 1 heterocycles. The van der Waals surface area contributed by atoms with Crippen LogP contribution in [0.5, 0.6) is 0 Å². The monoisotopic (exact) mass is 183 g/mol. The second-order valence-electron chi connectivity index (χ2n) is 2.64. The predicted octanol–water partition coefficient (Wildman–Crippen LogP) is 2.39. The average Bonchev–Trinajstić information content (AvgIpc) is 2.34. The van der Waals surface area contributed by atoms with Gasteiger partial charge in [-0.05, 0) is 19.0 Å². The zero-order valence-corrected chi connectivity index (χ0v) is 8.44. The lowest BCUT2D eigenvalue weighted by atomic mass is 9.95. The van der Waals surface area contributed by atoms with E-state index in [1.54, 1.807) is 0 Å². The van der Waals surface area contributed by atoms with Crippen LogP contribution in [0.3, 0.4) is 0 Å². The minimum absolute atomic E-state index is 0.176. The first-order valence-electron chi connectivity index (χ1n) is 3.92. The summed E-state index contributed by atoms with van der Waals surface area (Å²) in [7, 11) is 0.972. The van der Waals surface area contributed by atoms with E-state index >= 15 is 0 Å². The molecule has 12 heavy (non-hydrogen) atoms. The van der Waals surface area contributed by atoms with Crippen LogP contribution in [0.2, 0.25) is 0 Å². The van der Waals surface area contributed by atoms with Crippen LogP contribution in [0.4, 0.5) is 0 Å². The summed E-state index contributed by atoms with van der Waals surface area (Å²) >= 11 is 0. The van der Waals surface area contributed by atoms with E-state index in [2.05, 4.69) is 0 Å². The lowest BCUT2D eigenvalue weighted by Gasteiger charge is -2.13. The fourth-order valence-electron chi connectivity index (χ4n) is 0.947. The smallest absolute Gasteiger partial charge is 0.318 e. The van der Waals surface area contributed by atoms with E-state index in [0.717, 1.165) is 20.2 Å². The van der Waals surface area contributed by atoms with Crippen molar-refractivity contribution in [1.29, 1.82) is 0 Å². The number of esters is 1. The van der Waals surface area contributed by atoms with Gasteiger partial charge in [0.15, 0.2) is 0 Å². The SMILES string of the molecule is CCOC(=O)[C]1[P][CH][C](C)[C]1C. The first-order chi connectivity index (χ1) is 5.66. The third-order valence-electron chi connectivity index (χ3n) is 1.80. The van der Waals surface area contributed by atoms with Gasteiger partial charge in [-0.1, -0.05) is 22.4 Å². The Bertz CT molecular complexity index is 170. The van der Waals surface area contributed by atoms with Crippen molar-refractivity contribution in [2.45, 2.75) is 20.8 Å². The Morgan fingerprint density at radius 3 is 2.67 bits per heavy atom. The van der Waals surface area contributed by atoms with Gasteiger partial charge in [-0.3, -0.25) is 4.79 Å². The van der Waals surface area contributed by atoms with E-state index in [9.17, 15) is 4.79 Å². The fraction of sp³-hybridized carbons (Fsp3) is 0.444. The highest BCUT2D eigenvalue weighted by atomic mass is 31.1. The third-order valence-corrected chi connectivity index (χ3v) is 3.10. The van der Waals surface area contributed by atoms with E-state index in [-0.39, 0.29) is 5.97 Å². The first-order valence-corrected chi connectivity index (χ1v) is 4.89. The van der Waals surface area contributed by atoms with E-state index < -0.39 is 0 Å². The van der Waals surface area contributed by atoms with E-state index in [0.29, 0.717) is 6.61 Å². The molecule has 0 aliphatic carbocycles. The Balaban J connectivity index is 2.47. The van der Waals surface area contributed by atoms with Crippen molar-refractivity contribution in [3.8, 4) is 0 Å². The number of ether oxygens (including phenoxy) is 1. The Labute approximate surface area is 75.8 Å². The minimum atomic E-state index is -0.176. The predicted molar refractivity (Wildman–Crippen MR) is 48.9 cm³/mol. The molecule has 1 aliphatic rings. The summed E-state index contributed by atoms with van der Waals surface area (Å²) in [5, 5.41) is 0. The van der Waals surface area contributed by atoms with Crippen molar-refractivity contribution in [3.63, 3.8) is 0 Å². The highest BCUT2D eigenvalue weighted by molar-refractivity contribution is 7.47. The molecular weight excluding hydrogens is 171 g/mol. The average molecular weight is 183 g/mol. The molecule has 2 nitrogen and oxygen atoms in total. The van der Waals surface area contributed by atoms with Gasteiger partial charge in [-0.15, -0.1) is 0 Å². The van der Waals surface area contributed by atoms with Crippen LogP contribution in [0, 0.1) is 23.7 Å². The van der Waals surface area contributed by atoms with Crippen LogP contribution >= 0.6 is 8.58 Å². The Morgan fingerprint density at radius 2 is 2.25 bits per heavy atom. The van der Waals surface area contributed by atoms with Gasteiger partial charge in [0.1, 0.15) is 5.66 Å². The standard InChI is InChI=1S/C9H12O2P/c1-4-11-9(10)8-7(3)6(2)5-12-8/h5H,4H2,1-3H3. The van der Waals surface area contributed by atoms with Gasteiger partial charge in [-0.25, -0.2) is 0 Å². The van der Waals surface area contributed by atoms with Gasteiger partial charge < -0.3 is 4.74 Å². The lowest BCUT2D eigenvalue weighted by Crippen LogP contribution is -2.15. The Hall–Kier alpha value is -0.100. The number of rotatable bonds is 2. The second-order valence-corrected chi connectivity index (χ2v) is 3.60. The molecule has 0 atom stereocenters. The van der Waals surface area contributed by atoms with E-state index in [4.69, 9.17) is 4.74 Å². The molecule has 0 aromatic heterocycles. The van der Waals surface area contributed by atoms with Gasteiger partial charge in [0.05, 0.1) is 6.61 Å². The van der Waals surface area contributed by atoms with Crippen molar-refractivity contribution in [1.82, 2.24) is 0 Å². The highest BCUT2D eigenvalue weighted by Crippen LogP contribution is 2.53. The maximum atomic E-state index is 11.3. The number of carbonyl (C=O) groups excluding carboxylic acids is 1. The maximum Gasteiger partial charge on any atom is 0.318 e. The zero-order valence-electron chi connectivity index (χ0n) is 7.55. The number of hydrogen-bond acceptors (Lipinski definition) is 2. The third kappa shape index (κ3) is 1.98. The summed E-state index contributed by atoms with van der Waals surface area (Å²) in [5.41, 5.74) is 0.786. The summed E-state index contributed by atoms with van der Waals surface area (Å²) in [6, 6.07) is 0. The molecule has 3 heteroatoms. The molecule has 65 valence electrons. The molecule has 0 aromatic carbocycles. The van der Waals surface area contributed by atoms with Crippen LogP contribution in [0.15, 0.2) is 0 Å². The van der Waals surface area contributed by atoms with Gasteiger partial charge in [0.2, 0.25) is 0 Å². The molecule has 0 aromatic rings. The van der Waals surface area contributed by atoms with Crippen molar-refractivity contribution >= 4 is 14.6 Å². The normalized spacial score (nSPS) is 23.6. The van der Waals surface area contributed by atoms with Crippen molar-refractivity contribution in [2.75, 3.05) is 6.61 Å². The topological polar surface area (TPSA) is 26.3 Å². The molecule has 0 unspecified atom stereocenters. The molecule has 5 radical (unpaired) electrons. The lowest BCUT2D eigenvalue weighted by molar-refractivity contribution is -0.139. The van der Waals surface area contributed by atoms with Crippen LogP contribution < -0.4 is 0 Å². The highest BCUT2D eigenvalue weighted by Gasteiger charge is 2.38. The molecule has 1 fully saturated rings. The molecule has 0 spiro atoms. The molecular formula is C9H12O2P. The van der Waals surface area contributed by atoms with Gasteiger partial charge >= 0.3 is 5.97 Å². The van der Waals surface area contributed by atoms with Crippen LogP contribution in [-0.4, -0.2) is 12.6 Å². The van der Waals surface area contributed by atoms with Crippen LogP contribution in [0.1, 0.15) is 20.8 Å². The van der Waals surface area contributed by atoms with Crippen LogP contribution in [-0.2, 0) is 9.53 Å². The van der Waals surface area contributed by atoms with E-state index in [1.165, 1.54) is 5.92 Å². The number of hydrogen-bond donors (Lipinski definition) is 0. The van der Waals surface area contributed by atoms with Crippen molar-refractivity contribution in [3.05, 3.63) is 23.7 Å². The summed E-state index contributed by atoms with van der Waals surface area (Å²) in [4.78, 5) is 11.3. The second kappa shape index (κ2) is 4.23. The van der Waals surface area contributed by atoms with Gasteiger partial charge in [0.25, 0.3) is 0 Å². The van der Waals surface area contributed by atoms with Gasteiger partial charge in [-0.2, -0.15) is 0 Å². The van der Waals surface area contributed by atoms with Crippen molar-refractivity contribution in [2.24, 2.45) is 0 Å². The Morgan fingerprint density at radius 1 is 1.58 bits per heavy atom. The quantitative estimate of drug-likeness (QED) is 0.485. The van der Waals surface area contributed by atoms with Crippen molar-refractivity contribution < 1.29 is 9.53 Å². The Kier molecular flexibility index (Phi) is 3.52. The summed E-state index contributed by atoms with van der Waals surface area (Å²) in [6.45, 7) is 6.23. The maximum absolute atomic E-state index is 11.3. The zero-order chi connectivity index (χ0) is 9.14. The summed E-state index contributed by atoms with van der Waals surface area (Å²) in [5.74, 6) is 2.07. The fourth-order valence-corrected chi connectivity index (χ4v) is 2.00. The number of carbonyl (C=O) groups is 1. The van der Waals surface area contributed by atoms with Gasteiger partial charge in [0, 0.05) is 5.92 Å². The molecule has 0 saturated carbocycles. The molecule has 1 saturated heterocycles. The molecule has 0 N–H and O–H groups in total.